The summed E-state index contributed by atoms with van der Waals surface area (Å²) >= 11 is 0. The third-order valence-electron chi connectivity index (χ3n) is 12.7. The van der Waals surface area contributed by atoms with E-state index in [9.17, 15) is 14.4 Å². The van der Waals surface area contributed by atoms with E-state index in [1.807, 2.05) is 32.9 Å². The van der Waals surface area contributed by atoms with E-state index in [0.29, 0.717) is 32.1 Å². The number of carbonyl (C=O) groups excluding carboxylic acids is 3. The number of aromatic nitrogens is 1. The van der Waals surface area contributed by atoms with Crippen molar-refractivity contribution >= 4 is 43.1 Å². The zero-order valence-corrected chi connectivity index (χ0v) is 41.6. The fourth-order valence-electron chi connectivity index (χ4n) is 5.76. The predicted octanol–water partition coefficient (Wildman–Crippen LogP) is 12.7. The fourth-order valence-corrected chi connectivity index (χ4v) is 10.0. The van der Waals surface area contributed by atoms with Crippen molar-refractivity contribution < 1.29 is 32.4 Å². The predicted molar refractivity (Wildman–Crippen MR) is 233 cm³/mol. The molecule has 0 unspecified atom stereocenters. The topological polar surface area (TPSA) is 93.1 Å². The van der Waals surface area contributed by atoms with Gasteiger partial charge in [0.1, 0.15) is 17.7 Å². The highest BCUT2D eigenvalue weighted by atomic mass is 28.4. The Morgan fingerprint density at radius 3 is 1.59 bits per heavy atom. The first-order chi connectivity index (χ1) is 24.1. The van der Waals surface area contributed by atoms with E-state index in [2.05, 4.69) is 122 Å². The van der Waals surface area contributed by atoms with Crippen molar-refractivity contribution in [3.8, 4) is 0 Å². The molecular weight excluding hydrogens is 727 g/mol. The van der Waals surface area contributed by atoms with E-state index in [1.54, 1.807) is 10.8 Å². The Hall–Kier alpha value is -1.38. The van der Waals surface area contributed by atoms with E-state index in [4.69, 9.17) is 18.0 Å². The lowest BCUT2D eigenvalue weighted by atomic mass is 9.85. The van der Waals surface area contributed by atoms with Crippen LogP contribution in [-0.2, 0) is 27.6 Å². The number of nitrogens with zero attached hydrogens (tertiary/aromatic N) is 1. The minimum Gasteiger partial charge on any atom is -0.443 e. The number of aldehydes is 1. The van der Waals surface area contributed by atoms with Gasteiger partial charge in [0, 0.05) is 31.4 Å². The van der Waals surface area contributed by atoms with Crippen molar-refractivity contribution in [1.29, 1.82) is 0 Å². The number of hydrogen-bond donors (Lipinski definition) is 0. The summed E-state index contributed by atoms with van der Waals surface area (Å²) in [5.41, 5.74) is 0.104. The van der Waals surface area contributed by atoms with Gasteiger partial charge in [-0.25, -0.2) is 4.79 Å². The Morgan fingerprint density at radius 2 is 1.15 bits per heavy atom. The maximum Gasteiger partial charge on any atom is 0.418 e. The maximum atomic E-state index is 13.6. The Labute approximate surface area is 335 Å². The number of rotatable bonds is 19. The molecule has 0 saturated heterocycles. The third-order valence-corrected chi connectivity index (χ3v) is 26.1. The summed E-state index contributed by atoms with van der Waals surface area (Å²) in [5, 5.41) is -0.0685. The molecule has 0 N–H and O–H groups in total. The molecule has 1 rings (SSSR count). The van der Waals surface area contributed by atoms with Gasteiger partial charge >= 0.3 is 6.09 Å². The average molecular weight is 810 g/mol. The molecule has 1 aromatic rings. The lowest BCUT2D eigenvalue weighted by Gasteiger charge is -2.46. The van der Waals surface area contributed by atoms with Gasteiger partial charge in [0.05, 0.1) is 24.0 Å². The van der Waals surface area contributed by atoms with Gasteiger partial charge in [-0.3, -0.25) is 9.36 Å². The molecule has 6 atom stereocenters. The van der Waals surface area contributed by atoms with Gasteiger partial charge in [0.15, 0.2) is 25.0 Å². The van der Waals surface area contributed by atoms with Gasteiger partial charge in [-0.15, -0.1) is 0 Å². The second-order valence-electron chi connectivity index (χ2n) is 21.7. The van der Waals surface area contributed by atoms with Crippen LogP contribution in [-0.4, -0.2) is 65.5 Å². The third kappa shape index (κ3) is 14.5. The van der Waals surface area contributed by atoms with Gasteiger partial charge in [-0.1, -0.05) is 83.1 Å². The van der Waals surface area contributed by atoms with Crippen LogP contribution in [0.2, 0.25) is 54.4 Å². The van der Waals surface area contributed by atoms with Gasteiger partial charge in [0.2, 0.25) is 0 Å². The zero-order valence-electron chi connectivity index (χ0n) is 38.6. The Kier molecular flexibility index (Phi) is 17.7. The Morgan fingerprint density at radius 1 is 0.704 bits per heavy atom. The van der Waals surface area contributed by atoms with Gasteiger partial charge in [0.25, 0.3) is 0 Å². The van der Waals surface area contributed by atoms with Crippen LogP contribution in [0.4, 0.5) is 4.79 Å². The molecule has 0 aliphatic rings. The molecule has 0 spiro atoms. The van der Waals surface area contributed by atoms with Crippen LogP contribution in [0.3, 0.4) is 0 Å². The summed E-state index contributed by atoms with van der Waals surface area (Å²) in [6, 6.07) is 3.86. The van der Waals surface area contributed by atoms with E-state index < -0.39 is 42.8 Å². The number of ether oxygens (including phenoxy) is 1. The standard InChI is InChI=1S/C43H83NO7Si3/c1-31(36(28-30-45)49-52(16,17)41(7,8)9)24-26-34(46)27-25-32(2)37(50-53(18,19)42(10,11)12)33(3)38(51-54(20,21)43(13,14)15)35-23-22-29-44(35)39(47)48-40(4,5)6/h22-23,29-33,36-38H,24-28H2,1-21H3/t31-,32-,33+,36-,37+,38-/m0/s1. The lowest BCUT2D eigenvalue weighted by molar-refractivity contribution is -0.120. The van der Waals surface area contributed by atoms with Crippen molar-refractivity contribution in [2.75, 3.05) is 0 Å². The van der Waals surface area contributed by atoms with Crippen LogP contribution < -0.4 is 0 Å². The molecule has 1 heterocycles. The summed E-state index contributed by atoms with van der Waals surface area (Å²) < 4.78 is 28.8. The molecular formula is C43H83NO7Si3. The summed E-state index contributed by atoms with van der Waals surface area (Å²) in [5.74, 6) is 0.203. The van der Waals surface area contributed by atoms with Crippen LogP contribution in [0.5, 0.6) is 0 Å². The lowest BCUT2D eigenvalue weighted by Crippen LogP contribution is -2.50. The first-order valence-corrected chi connectivity index (χ1v) is 29.2. The molecule has 54 heavy (non-hydrogen) atoms. The normalized spacial score (nSPS) is 17.4. The summed E-state index contributed by atoms with van der Waals surface area (Å²) in [6.07, 6.45) is 4.03. The summed E-state index contributed by atoms with van der Waals surface area (Å²) in [6.45, 7) is 45.7. The number of Topliss-reactive ketones (excluding diaryl/α,β-unsaturated/α-hetero) is 1. The van der Waals surface area contributed by atoms with Crippen LogP contribution in [0.25, 0.3) is 0 Å². The van der Waals surface area contributed by atoms with Crippen molar-refractivity contribution in [2.24, 2.45) is 17.8 Å². The highest BCUT2D eigenvalue weighted by molar-refractivity contribution is 6.75. The van der Waals surface area contributed by atoms with Crippen molar-refractivity contribution in [2.45, 2.75) is 214 Å². The van der Waals surface area contributed by atoms with E-state index in [0.717, 1.165) is 12.0 Å². The highest BCUT2D eigenvalue weighted by Gasteiger charge is 2.47. The molecule has 0 saturated carbocycles. The SMILES string of the molecule is C[C@H]([C@H](O[Si](C)(C)C(C)(C)C)[C@@H](C)CCC(=O)CC[C@H](C)[C@H](CC=O)O[Si](C)(C)C(C)(C)C)[C@H](O[Si](C)(C)C(C)(C)C)c1cccn1C(=O)OC(C)(C)C. The maximum absolute atomic E-state index is 13.6. The largest absolute Gasteiger partial charge is 0.443 e. The molecule has 11 heteroatoms. The molecule has 0 bridgehead atoms. The molecule has 8 nitrogen and oxygen atoms in total. The molecule has 0 amide bonds. The average Bonchev–Trinajstić information content (AvgIpc) is 3.47. The number of carbonyl (C=O) groups is 3. The molecule has 0 aliphatic heterocycles. The summed E-state index contributed by atoms with van der Waals surface area (Å²) in [4.78, 5) is 38.8. The highest BCUT2D eigenvalue weighted by Crippen LogP contribution is 2.46. The molecule has 1 aromatic heterocycles. The molecule has 0 aliphatic carbocycles. The van der Waals surface area contributed by atoms with Crippen molar-refractivity contribution in [1.82, 2.24) is 4.57 Å². The number of hydrogen-bond acceptors (Lipinski definition) is 7. The molecule has 0 radical (unpaired) electrons. The van der Waals surface area contributed by atoms with E-state index in [1.165, 1.54) is 0 Å². The molecule has 0 fully saturated rings. The Balaban J connectivity index is 3.49. The smallest absolute Gasteiger partial charge is 0.418 e. The fraction of sp³-hybridized carbons (Fsp3) is 0.837. The molecule has 0 aromatic carbocycles. The van der Waals surface area contributed by atoms with Crippen LogP contribution in [0, 0.1) is 17.8 Å². The summed E-state index contributed by atoms with van der Waals surface area (Å²) in [7, 11) is -6.73. The minimum atomic E-state index is -2.36. The van der Waals surface area contributed by atoms with Gasteiger partial charge < -0.3 is 22.8 Å². The van der Waals surface area contributed by atoms with Gasteiger partial charge in [-0.2, -0.15) is 0 Å². The molecule has 314 valence electrons. The minimum absolute atomic E-state index is 0.0340. The number of ketones is 1. The first kappa shape index (κ1) is 50.6. The van der Waals surface area contributed by atoms with E-state index in [-0.39, 0.29) is 50.9 Å². The van der Waals surface area contributed by atoms with Crippen molar-refractivity contribution in [3.05, 3.63) is 24.0 Å². The van der Waals surface area contributed by atoms with Crippen LogP contribution in [0.1, 0.15) is 148 Å². The zero-order chi connectivity index (χ0) is 42.5. The van der Waals surface area contributed by atoms with Crippen LogP contribution >= 0.6 is 0 Å². The quantitative estimate of drug-likeness (QED) is 0.101. The second kappa shape index (κ2) is 18.9. The van der Waals surface area contributed by atoms with Gasteiger partial charge in [-0.05, 0) is 112 Å². The first-order valence-electron chi connectivity index (χ1n) is 20.5. The van der Waals surface area contributed by atoms with Crippen molar-refractivity contribution in [3.63, 3.8) is 0 Å². The monoisotopic (exact) mass is 810 g/mol. The Bertz CT molecular complexity index is 1360. The van der Waals surface area contributed by atoms with Crippen LogP contribution in [0.15, 0.2) is 18.3 Å². The second-order valence-corrected chi connectivity index (χ2v) is 35.9. The van der Waals surface area contributed by atoms with E-state index >= 15 is 0 Å².